The van der Waals surface area contributed by atoms with Crippen molar-refractivity contribution in [1.29, 1.82) is 0 Å². The summed E-state index contributed by atoms with van der Waals surface area (Å²) in [7, 11) is 0. The van der Waals surface area contributed by atoms with Crippen LogP contribution in [0.2, 0.25) is 0 Å². The lowest BCUT2D eigenvalue weighted by Crippen LogP contribution is -1.83. The van der Waals surface area contributed by atoms with Gasteiger partial charge in [-0.2, -0.15) is 0 Å². The summed E-state index contributed by atoms with van der Waals surface area (Å²) >= 11 is 0. The predicted molar refractivity (Wildman–Crippen MR) is 20.0 cm³/mol. The Morgan fingerprint density at radius 1 is 1.62 bits per heavy atom. The monoisotopic (exact) mass is 130 g/mol. The summed E-state index contributed by atoms with van der Waals surface area (Å²) in [5, 5.41) is 0. The zero-order chi connectivity index (χ0) is 6.99. The average molecular weight is 130 g/mol. The highest BCUT2D eigenvalue weighted by Gasteiger charge is 1.81. The van der Waals surface area contributed by atoms with Crippen molar-refractivity contribution in [2.24, 2.45) is 0 Å². The molecule has 5 heteroatoms. The van der Waals surface area contributed by atoms with Crippen molar-refractivity contribution in [2.45, 2.75) is 6.92 Å². The van der Waals surface area contributed by atoms with Crippen molar-refractivity contribution in [3.05, 3.63) is 0 Å². The minimum absolute atomic E-state index is 0.912. The van der Waals surface area contributed by atoms with Crippen molar-refractivity contribution in [3.63, 3.8) is 0 Å². The average Bonchev–Trinajstić information content (AvgIpc) is 1.69. The van der Waals surface area contributed by atoms with E-state index in [0.29, 0.717) is 0 Å². The van der Waals surface area contributed by atoms with Crippen LogP contribution in [0.15, 0.2) is 0 Å². The van der Waals surface area contributed by atoms with Crippen molar-refractivity contribution >= 4 is 5.97 Å². The van der Waals surface area contributed by atoms with Crippen LogP contribution in [0.5, 0.6) is 0 Å². The maximum Gasteiger partial charge on any atom is 0.345 e. The molecule has 2 nitrogen and oxygen atoms in total. The molecule has 0 aliphatic heterocycles. The van der Waals surface area contributed by atoms with Gasteiger partial charge in [-0.25, -0.2) is 13.6 Å². The standard InChI is InChI=1S/C2H3FO2.CH2F2/c1-2(4)5-3;2-1-3/h1H3;1H2. The lowest BCUT2D eigenvalue weighted by molar-refractivity contribution is -0.180. The second kappa shape index (κ2) is 9.54. The van der Waals surface area contributed by atoms with Crippen LogP contribution in [-0.4, -0.2) is 12.9 Å². The molecule has 0 aromatic carbocycles. The number of alkyl halides is 2. The Hall–Kier alpha value is -0.740. The topological polar surface area (TPSA) is 26.3 Å². The van der Waals surface area contributed by atoms with Gasteiger partial charge in [0.1, 0.15) is 0 Å². The van der Waals surface area contributed by atoms with Gasteiger partial charge < -0.3 is 0 Å². The molecule has 0 aromatic heterocycles. The van der Waals surface area contributed by atoms with E-state index in [0.717, 1.165) is 6.92 Å². The van der Waals surface area contributed by atoms with Gasteiger partial charge >= 0.3 is 5.97 Å². The van der Waals surface area contributed by atoms with Crippen LogP contribution in [0, 0.1) is 0 Å². The molecule has 0 radical (unpaired) electrons. The Kier molecular flexibility index (Phi) is 12.3. The predicted octanol–water partition coefficient (Wildman–Crippen LogP) is 1.32. The van der Waals surface area contributed by atoms with Crippen molar-refractivity contribution in [1.82, 2.24) is 0 Å². The van der Waals surface area contributed by atoms with Crippen LogP contribution in [0.3, 0.4) is 0 Å². The summed E-state index contributed by atoms with van der Waals surface area (Å²) in [5.74, 6) is -0.912. The third-order valence-electron chi connectivity index (χ3n) is 0.109. The quantitative estimate of drug-likeness (QED) is 0.494. The van der Waals surface area contributed by atoms with Gasteiger partial charge in [-0.3, -0.25) is 4.94 Å². The van der Waals surface area contributed by atoms with Gasteiger partial charge in [-0.1, -0.05) is 0 Å². The maximum atomic E-state index is 10.3. The van der Waals surface area contributed by atoms with E-state index in [1.807, 2.05) is 0 Å². The highest BCUT2D eigenvalue weighted by Crippen LogP contribution is 1.69. The molecule has 0 heterocycles. The molecular formula is C3H5F3O2. The van der Waals surface area contributed by atoms with Gasteiger partial charge in [-0.05, 0) is 0 Å². The molecule has 0 aliphatic rings. The third kappa shape index (κ3) is 60.1. The van der Waals surface area contributed by atoms with Gasteiger partial charge in [0.2, 0.25) is 6.93 Å². The van der Waals surface area contributed by atoms with Gasteiger partial charge in [-0.15, -0.1) is 0 Å². The Bertz CT molecular complexity index is 56.5. The number of carbonyl (C=O) groups is 1. The van der Waals surface area contributed by atoms with Crippen LogP contribution in [0.4, 0.5) is 13.3 Å². The first kappa shape index (κ1) is 10.3. The molecule has 0 N–H and O–H groups in total. The van der Waals surface area contributed by atoms with E-state index in [4.69, 9.17) is 0 Å². The fourth-order valence-electron chi connectivity index (χ4n) is 0. The van der Waals surface area contributed by atoms with Gasteiger partial charge in [0, 0.05) is 11.4 Å². The van der Waals surface area contributed by atoms with Crippen molar-refractivity contribution in [2.75, 3.05) is 6.93 Å². The minimum atomic E-state index is -1.75. The fourth-order valence-corrected chi connectivity index (χ4v) is 0. The van der Waals surface area contributed by atoms with Gasteiger partial charge in [0.15, 0.2) is 0 Å². The van der Waals surface area contributed by atoms with Crippen molar-refractivity contribution < 1.29 is 23.0 Å². The molecule has 0 atom stereocenters. The Labute approximate surface area is 44.1 Å². The largest absolute Gasteiger partial charge is 0.345 e. The number of carbonyl (C=O) groups excluding carboxylic acids is 1. The zero-order valence-electron chi connectivity index (χ0n) is 4.16. The molecule has 0 aromatic rings. The highest BCUT2D eigenvalue weighted by atomic mass is 19.3. The van der Waals surface area contributed by atoms with Crippen LogP contribution in [0.1, 0.15) is 6.92 Å². The Morgan fingerprint density at radius 3 is 1.75 bits per heavy atom. The van der Waals surface area contributed by atoms with Crippen LogP contribution >= 0.6 is 0 Å². The Balaban J connectivity index is 0. The summed E-state index contributed by atoms with van der Waals surface area (Å²) in [6, 6.07) is 0. The van der Waals surface area contributed by atoms with Crippen LogP contribution < -0.4 is 0 Å². The van der Waals surface area contributed by atoms with Crippen LogP contribution in [-0.2, 0) is 9.74 Å². The number of halogens is 3. The molecule has 0 bridgehead atoms. The maximum absolute atomic E-state index is 10.3. The molecule has 0 spiro atoms. The summed E-state index contributed by atoms with van der Waals surface area (Å²) in [6.45, 7) is -0.764. The molecular weight excluding hydrogens is 125 g/mol. The summed E-state index contributed by atoms with van der Waals surface area (Å²) in [5.41, 5.74) is 0. The normalized spacial score (nSPS) is 6.50. The van der Waals surface area contributed by atoms with Crippen LogP contribution in [0.25, 0.3) is 0 Å². The molecule has 0 unspecified atom stereocenters. The van der Waals surface area contributed by atoms with E-state index in [1.54, 1.807) is 0 Å². The molecule has 0 rings (SSSR count). The highest BCUT2D eigenvalue weighted by molar-refractivity contribution is 5.64. The fraction of sp³-hybridized carbons (Fsp3) is 0.667. The number of hydrogen-bond acceptors (Lipinski definition) is 2. The molecule has 0 amide bonds. The lowest BCUT2D eigenvalue weighted by Gasteiger charge is -1.71. The van der Waals surface area contributed by atoms with E-state index in [-0.39, 0.29) is 0 Å². The van der Waals surface area contributed by atoms with Crippen molar-refractivity contribution in [3.8, 4) is 0 Å². The molecule has 50 valence electrons. The smallest absolute Gasteiger partial charge is 0.255 e. The zero-order valence-corrected chi connectivity index (χ0v) is 4.16. The molecule has 0 aliphatic carbocycles. The Morgan fingerprint density at radius 2 is 1.75 bits per heavy atom. The van der Waals surface area contributed by atoms with E-state index < -0.39 is 12.9 Å². The summed E-state index contributed by atoms with van der Waals surface area (Å²) in [4.78, 5) is 11.8. The summed E-state index contributed by atoms with van der Waals surface area (Å²) in [6.07, 6.45) is 0. The third-order valence-corrected chi connectivity index (χ3v) is 0.109. The minimum Gasteiger partial charge on any atom is -0.255 e. The first-order chi connectivity index (χ1) is 3.68. The second-order valence-electron chi connectivity index (χ2n) is 0.670. The van der Waals surface area contributed by atoms with E-state index in [1.165, 1.54) is 0 Å². The van der Waals surface area contributed by atoms with Gasteiger partial charge in [0.25, 0.3) is 0 Å². The van der Waals surface area contributed by atoms with Gasteiger partial charge in [0.05, 0.1) is 0 Å². The second-order valence-corrected chi connectivity index (χ2v) is 0.670. The number of hydrogen-bond donors (Lipinski definition) is 0. The summed E-state index contributed by atoms with van der Waals surface area (Å²) < 4.78 is 29.5. The first-order valence-corrected chi connectivity index (χ1v) is 1.60. The molecule has 0 fully saturated rings. The molecule has 8 heavy (non-hydrogen) atoms. The molecule has 0 saturated carbocycles. The van der Waals surface area contributed by atoms with E-state index in [9.17, 15) is 18.1 Å². The first-order valence-electron chi connectivity index (χ1n) is 1.60. The lowest BCUT2D eigenvalue weighted by atomic mass is 10.9. The molecule has 0 saturated heterocycles. The number of rotatable bonds is 0. The SMILES string of the molecule is CC(=O)OF.FCF. The van der Waals surface area contributed by atoms with E-state index >= 15 is 0 Å². The van der Waals surface area contributed by atoms with E-state index in [2.05, 4.69) is 4.94 Å².